The summed E-state index contributed by atoms with van der Waals surface area (Å²) in [6, 6.07) is 0. The van der Waals surface area contributed by atoms with Gasteiger partial charge < -0.3 is 5.32 Å². The Balaban J connectivity index is 0. The average Bonchev–Trinajstić information content (AvgIpc) is 2.15. The summed E-state index contributed by atoms with van der Waals surface area (Å²) < 4.78 is 17.3. The molecule has 0 radical (unpaired) electrons. The van der Waals surface area contributed by atoms with Gasteiger partial charge in [0, 0.05) is 7.05 Å². The molecule has 15 heavy (non-hydrogen) atoms. The molecule has 0 fully saturated rings. The molecule has 7 heteroatoms. The molecule has 1 N–H and O–H groups in total. The monoisotopic (exact) mass is 238 g/mol. The Kier molecular flexibility index (Phi) is 8.86. The Morgan fingerprint density at radius 1 is 0.933 bits per heavy atom. The first kappa shape index (κ1) is 17.0. The Labute approximate surface area is 92.7 Å². The van der Waals surface area contributed by atoms with E-state index in [-0.39, 0.29) is 0 Å². The van der Waals surface area contributed by atoms with Crippen LogP contribution in [0.4, 0.5) is 0 Å². The highest BCUT2D eigenvalue weighted by Crippen LogP contribution is 2.50. The van der Waals surface area contributed by atoms with E-state index >= 15 is 0 Å². The van der Waals surface area contributed by atoms with Crippen LogP contribution in [0.1, 0.15) is 0 Å². The highest BCUT2D eigenvalue weighted by atomic mass is 31.2. The van der Waals surface area contributed by atoms with Crippen molar-refractivity contribution in [1.29, 1.82) is 0 Å². The minimum absolute atomic E-state index is 0.625. The standard InChI is InChI=1S/C6H18N3OP.C2H5NO/c1-7(2)11(10,8(3)4)9(5)6;1-3-2-4/h1-6H3;2H,1H3,(H,3,4). The lowest BCUT2D eigenvalue weighted by molar-refractivity contribution is -0.109. The maximum atomic E-state index is 12.1. The van der Waals surface area contributed by atoms with Gasteiger partial charge in [-0.3, -0.25) is 9.36 Å². The molecule has 0 rings (SSSR count). The molecular weight excluding hydrogens is 215 g/mol. The Morgan fingerprint density at radius 2 is 1.13 bits per heavy atom. The number of nitrogens with one attached hydrogen (secondary N) is 1. The minimum atomic E-state index is -2.44. The Morgan fingerprint density at radius 3 is 1.13 bits per heavy atom. The van der Waals surface area contributed by atoms with Crippen LogP contribution < -0.4 is 5.32 Å². The lowest BCUT2D eigenvalue weighted by atomic mass is 11.2. The lowest BCUT2D eigenvalue weighted by Gasteiger charge is -2.34. The predicted octanol–water partition coefficient (Wildman–Crippen LogP) is 0.142. The van der Waals surface area contributed by atoms with Crippen LogP contribution >= 0.6 is 7.59 Å². The van der Waals surface area contributed by atoms with Crippen LogP contribution in [0.5, 0.6) is 0 Å². The second-order valence-electron chi connectivity index (χ2n) is 3.46. The van der Waals surface area contributed by atoms with Gasteiger partial charge in [-0.25, -0.2) is 14.0 Å². The molecule has 0 aromatic rings. The molecule has 0 atom stereocenters. The van der Waals surface area contributed by atoms with Crippen molar-refractivity contribution in [2.75, 3.05) is 49.3 Å². The molecule has 6 nitrogen and oxygen atoms in total. The normalized spacial score (nSPS) is 11.3. The van der Waals surface area contributed by atoms with E-state index in [0.717, 1.165) is 0 Å². The first-order chi connectivity index (χ1) is 6.74. The molecule has 0 heterocycles. The zero-order valence-electron chi connectivity index (χ0n) is 10.7. The van der Waals surface area contributed by atoms with Crippen LogP contribution in [-0.2, 0) is 9.36 Å². The van der Waals surface area contributed by atoms with Crippen LogP contribution in [0.3, 0.4) is 0 Å². The zero-order valence-corrected chi connectivity index (χ0v) is 11.6. The summed E-state index contributed by atoms with van der Waals surface area (Å²) in [4.78, 5) is 9.06. The number of carbonyl (C=O) groups is 1. The van der Waals surface area contributed by atoms with Gasteiger partial charge in [0.15, 0.2) is 0 Å². The van der Waals surface area contributed by atoms with Gasteiger partial charge >= 0.3 is 0 Å². The molecule has 92 valence electrons. The third-order valence-corrected chi connectivity index (χ3v) is 4.81. The molecule has 0 aromatic heterocycles. The molecule has 0 aliphatic heterocycles. The van der Waals surface area contributed by atoms with Crippen LogP contribution in [0.15, 0.2) is 0 Å². The predicted molar refractivity (Wildman–Crippen MR) is 63.8 cm³/mol. The first-order valence-corrected chi connectivity index (χ1v) is 6.06. The van der Waals surface area contributed by atoms with Crippen LogP contribution in [0.25, 0.3) is 0 Å². The van der Waals surface area contributed by atoms with Crippen molar-refractivity contribution in [2.24, 2.45) is 0 Å². The SMILES string of the molecule is CN(C)P(=O)(N(C)C)N(C)C.CNC=O. The van der Waals surface area contributed by atoms with E-state index in [0.29, 0.717) is 6.41 Å². The van der Waals surface area contributed by atoms with Gasteiger partial charge in [-0.15, -0.1) is 0 Å². The molecule has 1 amide bonds. The number of carbonyl (C=O) groups excluding carboxylic acids is 1. The van der Waals surface area contributed by atoms with Gasteiger partial charge in [-0.05, 0) is 42.3 Å². The quantitative estimate of drug-likeness (QED) is 0.558. The molecule has 0 saturated carbocycles. The van der Waals surface area contributed by atoms with E-state index in [1.165, 1.54) is 0 Å². The topological polar surface area (TPSA) is 55.9 Å². The van der Waals surface area contributed by atoms with E-state index in [9.17, 15) is 4.57 Å². The van der Waals surface area contributed by atoms with Crippen molar-refractivity contribution in [3.8, 4) is 0 Å². The number of rotatable bonds is 4. The fraction of sp³-hybridized carbons (Fsp3) is 0.875. The van der Waals surface area contributed by atoms with E-state index in [2.05, 4.69) is 5.32 Å². The molecule has 0 aliphatic carbocycles. The van der Waals surface area contributed by atoms with Crippen LogP contribution in [0.2, 0.25) is 0 Å². The molecule has 0 saturated heterocycles. The molecular formula is C8H23N4O2P. The van der Waals surface area contributed by atoms with Crippen LogP contribution in [0, 0.1) is 0 Å². The molecule has 0 spiro atoms. The number of nitrogens with zero attached hydrogens (tertiary/aromatic N) is 3. The van der Waals surface area contributed by atoms with Crippen molar-refractivity contribution in [3.05, 3.63) is 0 Å². The molecule has 0 unspecified atom stereocenters. The van der Waals surface area contributed by atoms with Crippen molar-refractivity contribution in [2.45, 2.75) is 0 Å². The van der Waals surface area contributed by atoms with E-state index in [4.69, 9.17) is 4.79 Å². The molecule has 0 bridgehead atoms. The first-order valence-electron chi connectivity index (χ1n) is 4.49. The number of hydrogen-bond acceptors (Lipinski definition) is 2. The van der Waals surface area contributed by atoms with Crippen molar-refractivity contribution in [1.82, 2.24) is 19.3 Å². The second-order valence-corrected chi connectivity index (χ2v) is 6.89. The van der Waals surface area contributed by atoms with Gasteiger partial charge in [-0.1, -0.05) is 0 Å². The number of hydrogen-bond donors (Lipinski definition) is 1. The largest absolute Gasteiger partial charge is 0.362 e. The Hall–Kier alpha value is -0.420. The fourth-order valence-corrected chi connectivity index (χ4v) is 3.22. The molecule has 0 aromatic carbocycles. The van der Waals surface area contributed by atoms with E-state index < -0.39 is 7.59 Å². The third kappa shape index (κ3) is 5.28. The highest BCUT2D eigenvalue weighted by Gasteiger charge is 2.30. The maximum Gasteiger partial charge on any atom is 0.285 e. The summed E-state index contributed by atoms with van der Waals surface area (Å²) in [5.74, 6) is 0. The summed E-state index contributed by atoms with van der Waals surface area (Å²) in [7, 11) is 10.0. The van der Waals surface area contributed by atoms with E-state index in [1.807, 2.05) is 42.3 Å². The minimum Gasteiger partial charge on any atom is -0.362 e. The molecule has 0 aliphatic rings. The lowest BCUT2D eigenvalue weighted by Crippen LogP contribution is -2.30. The maximum absolute atomic E-state index is 12.1. The van der Waals surface area contributed by atoms with Gasteiger partial charge in [0.1, 0.15) is 0 Å². The smallest absolute Gasteiger partial charge is 0.285 e. The summed E-state index contributed by atoms with van der Waals surface area (Å²) in [6.07, 6.45) is 0.625. The van der Waals surface area contributed by atoms with Crippen molar-refractivity contribution in [3.63, 3.8) is 0 Å². The third-order valence-electron chi connectivity index (χ3n) is 1.68. The van der Waals surface area contributed by atoms with Gasteiger partial charge in [0.05, 0.1) is 0 Å². The van der Waals surface area contributed by atoms with Gasteiger partial charge in [-0.2, -0.15) is 0 Å². The van der Waals surface area contributed by atoms with Crippen molar-refractivity contribution >= 4 is 14.0 Å². The fourth-order valence-electron chi connectivity index (χ4n) is 1.07. The summed E-state index contributed by atoms with van der Waals surface area (Å²) in [5.41, 5.74) is 0. The van der Waals surface area contributed by atoms with Gasteiger partial charge in [0.25, 0.3) is 7.59 Å². The van der Waals surface area contributed by atoms with E-state index in [1.54, 1.807) is 21.1 Å². The van der Waals surface area contributed by atoms with Crippen LogP contribution in [-0.4, -0.2) is 69.8 Å². The van der Waals surface area contributed by atoms with Crippen molar-refractivity contribution < 1.29 is 9.36 Å². The Bertz CT molecular complexity index is 190. The summed E-state index contributed by atoms with van der Waals surface area (Å²) >= 11 is 0. The number of amides is 1. The summed E-state index contributed by atoms with van der Waals surface area (Å²) in [6.45, 7) is 0. The average molecular weight is 238 g/mol. The summed E-state index contributed by atoms with van der Waals surface area (Å²) in [5, 5.41) is 2.25. The second kappa shape index (κ2) is 7.82. The zero-order chi connectivity index (χ0) is 12.6. The van der Waals surface area contributed by atoms with Gasteiger partial charge in [0.2, 0.25) is 6.41 Å². The highest BCUT2D eigenvalue weighted by molar-refractivity contribution is 7.56.